The Bertz CT molecular complexity index is 264. The second-order valence-electron chi connectivity index (χ2n) is 3.74. The van der Waals surface area contributed by atoms with Gasteiger partial charge in [0.1, 0.15) is 0 Å². The maximum atomic E-state index is 5.50. The average molecular weight is 180 g/mol. The van der Waals surface area contributed by atoms with Gasteiger partial charge in [0.25, 0.3) is 0 Å². The summed E-state index contributed by atoms with van der Waals surface area (Å²) in [5.74, 6) is 0.832. The first-order valence-corrected chi connectivity index (χ1v) is 4.97. The topological polar surface area (TPSA) is 56.7 Å². The van der Waals surface area contributed by atoms with Crippen LogP contribution in [0.3, 0.4) is 0 Å². The summed E-state index contributed by atoms with van der Waals surface area (Å²) < 4.78 is 2.01. The first-order chi connectivity index (χ1) is 6.40. The minimum absolute atomic E-state index is 0.679. The molecule has 2 N–H and O–H groups in total. The number of aromatic nitrogens is 3. The third kappa shape index (κ3) is 1.88. The molecule has 1 aliphatic carbocycles. The van der Waals surface area contributed by atoms with Gasteiger partial charge in [0, 0.05) is 13.0 Å². The van der Waals surface area contributed by atoms with Crippen LogP contribution in [0.25, 0.3) is 0 Å². The molecule has 1 aliphatic rings. The Morgan fingerprint density at radius 2 is 2.38 bits per heavy atom. The van der Waals surface area contributed by atoms with Crippen molar-refractivity contribution in [3.8, 4) is 0 Å². The molecule has 1 saturated carbocycles. The molecule has 72 valence electrons. The van der Waals surface area contributed by atoms with Crippen LogP contribution in [-0.2, 0) is 13.0 Å². The molecule has 0 unspecified atom stereocenters. The van der Waals surface area contributed by atoms with Gasteiger partial charge in [-0.15, -0.1) is 5.10 Å². The van der Waals surface area contributed by atoms with Crippen molar-refractivity contribution < 1.29 is 0 Å². The minimum Gasteiger partial charge on any atom is -0.330 e. The van der Waals surface area contributed by atoms with E-state index >= 15 is 0 Å². The normalized spacial score (nSPS) is 17.3. The van der Waals surface area contributed by atoms with Gasteiger partial charge < -0.3 is 5.73 Å². The summed E-state index contributed by atoms with van der Waals surface area (Å²) in [7, 11) is 0. The van der Waals surface area contributed by atoms with E-state index in [1.54, 1.807) is 0 Å². The molecule has 1 aromatic rings. The fraction of sp³-hybridized carbons (Fsp3) is 0.778. The average Bonchev–Trinajstić information content (AvgIpc) is 2.46. The van der Waals surface area contributed by atoms with E-state index in [1.807, 2.05) is 10.9 Å². The molecular formula is C9H16N4. The monoisotopic (exact) mass is 180 g/mol. The summed E-state index contributed by atoms with van der Waals surface area (Å²) in [4.78, 5) is 0. The summed E-state index contributed by atoms with van der Waals surface area (Å²) in [6.07, 6.45) is 6.79. The van der Waals surface area contributed by atoms with E-state index in [-0.39, 0.29) is 0 Å². The maximum absolute atomic E-state index is 5.50. The Morgan fingerprint density at radius 1 is 1.54 bits per heavy atom. The highest BCUT2D eigenvalue weighted by atomic mass is 15.4. The number of hydrogen-bond donors (Lipinski definition) is 1. The highest BCUT2D eigenvalue weighted by molar-refractivity contribution is 4.95. The molecule has 0 radical (unpaired) electrons. The molecular weight excluding hydrogens is 164 g/mol. The van der Waals surface area contributed by atoms with E-state index in [4.69, 9.17) is 5.73 Å². The SMILES string of the molecule is NCCc1cnnn1CC1CCC1. The van der Waals surface area contributed by atoms with Crippen molar-refractivity contribution in [3.05, 3.63) is 11.9 Å². The zero-order valence-electron chi connectivity index (χ0n) is 7.82. The lowest BCUT2D eigenvalue weighted by Crippen LogP contribution is -2.21. The standard InChI is InChI=1S/C9H16N4/c10-5-4-9-6-11-12-13(9)7-8-2-1-3-8/h6,8H,1-5,7,10H2. The van der Waals surface area contributed by atoms with Gasteiger partial charge in [-0.1, -0.05) is 11.6 Å². The zero-order chi connectivity index (χ0) is 9.10. The molecule has 1 heterocycles. The van der Waals surface area contributed by atoms with Gasteiger partial charge in [-0.05, 0) is 25.3 Å². The number of nitrogens with zero attached hydrogens (tertiary/aromatic N) is 3. The van der Waals surface area contributed by atoms with Crippen molar-refractivity contribution in [2.24, 2.45) is 11.7 Å². The Morgan fingerprint density at radius 3 is 3.00 bits per heavy atom. The predicted molar refractivity (Wildman–Crippen MR) is 50.1 cm³/mol. The molecule has 0 aliphatic heterocycles. The molecule has 2 rings (SSSR count). The Hall–Kier alpha value is -0.900. The molecule has 1 fully saturated rings. The third-order valence-electron chi connectivity index (χ3n) is 2.75. The first kappa shape index (κ1) is 8.69. The number of rotatable bonds is 4. The molecule has 0 bridgehead atoms. The van der Waals surface area contributed by atoms with Crippen molar-refractivity contribution in [3.63, 3.8) is 0 Å². The van der Waals surface area contributed by atoms with E-state index in [0.717, 1.165) is 18.9 Å². The molecule has 0 aromatic carbocycles. The lowest BCUT2D eigenvalue weighted by Gasteiger charge is -2.25. The van der Waals surface area contributed by atoms with Crippen LogP contribution in [-0.4, -0.2) is 21.5 Å². The largest absolute Gasteiger partial charge is 0.330 e. The summed E-state index contributed by atoms with van der Waals surface area (Å²) in [6, 6.07) is 0. The fourth-order valence-corrected chi connectivity index (χ4v) is 1.69. The maximum Gasteiger partial charge on any atom is 0.0725 e. The number of nitrogens with two attached hydrogens (primary N) is 1. The Labute approximate surface area is 78.1 Å². The van der Waals surface area contributed by atoms with Crippen LogP contribution in [0.2, 0.25) is 0 Å². The van der Waals surface area contributed by atoms with E-state index < -0.39 is 0 Å². The molecule has 1 aromatic heterocycles. The molecule has 0 spiro atoms. The molecule has 0 saturated heterocycles. The molecule has 0 atom stereocenters. The van der Waals surface area contributed by atoms with Crippen LogP contribution in [0.1, 0.15) is 25.0 Å². The van der Waals surface area contributed by atoms with E-state index in [9.17, 15) is 0 Å². The summed E-state index contributed by atoms with van der Waals surface area (Å²) in [5, 5.41) is 7.98. The van der Waals surface area contributed by atoms with Gasteiger partial charge in [0.15, 0.2) is 0 Å². The molecule has 4 heteroatoms. The van der Waals surface area contributed by atoms with E-state index in [1.165, 1.54) is 25.0 Å². The highest BCUT2D eigenvalue weighted by Gasteiger charge is 2.19. The van der Waals surface area contributed by atoms with Crippen LogP contribution in [0.4, 0.5) is 0 Å². The molecule has 13 heavy (non-hydrogen) atoms. The summed E-state index contributed by atoms with van der Waals surface area (Å²) in [5.41, 5.74) is 6.67. The summed E-state index contributed by atoms with van der Waals surface area (Å²) >= 11 is 0. The van der Waals surface area contributed by atoms with Crippen LogP contribution in [0.5, 0.6) is 0 Å². The quantitative estimate of drug-likeness (QED) is 0.737. The highest BCUT2D eigenvalue weighted by Crippen LogP contribution is 2.27. The summed E-state index contributed by atoms with van der Waals surface area (Å²) in [6.45, 7) is 1.72. The number of hydrogen-bond acceptors (Lipinski definition) is 3. The van der Waals surface area contributed by atoms with Crippen LogP contribution < -0.4 is 5.73 Å². The third-order valence-corrected chi connectivity index (χ3v) is 2.75. The Kier molecular flexibility index (Phi) is 2.59. The lowest BCUT2D eigenvalue weighted by molar-refractivity contribution is 0.261. The molecule has 4 nitrogen and oxygen atoms in total. The minimum atomic E-state index is 0.679. The first-order valence-electron chi connectivity index (χ1n) is 4.97. The van der Waals surface area contributed by atoms with Gasteiger partial charge in [-0.2, -0.15) is 0 Å². The van der Waals surface area contributed by atoms with Crippen molar-refractivity contribution in [1.29, 1.82) is 0 Å². The van der Waals surface area contributed by atoms with E-state index in [2.05, 4.69) is 10.3 Å². The van der Waals surface area contributed by atoms with Crippen molar-refractivity contribution in [1.82, 2.24) is 15.0 Å². The second-order valence-corrected chi connectivity index (χ2v) is 3.74. The van der Waals surface area contributed by atoms with Gasteiger partial charge in [0.2, 0.25) is 0 Å². The molecule has 0 amide bonds. The van der Waals surface area contributed by atoms with Crippen LogP contribution in [0, 0.1) is 5.92 Å². The lowest BCUT2D eigenvalue weighted by atomic mass is 9.85. The van der Waals surface area contributed by atoms with Gasteiger partial charge in [-0.25, -0.2) is 4.68 Å². The second kappa shape index (κ2) is 3.87. The van der Waals surface area contributed by atoms with Crippen LogP contribution >= 0.6 is 0 Å². The van der Waals surface area contributed by atoms with Gasteiger partial charge >= 0.3 is 0 Å². The van der Waals surface area contributed by atoms with Crippen molar-refractivity contribution in [2.75, 3.05) is 6.54 Å². The zero-order valence-corrected chi connectivity index (χ0v) is 7.82. The predicted octanol–water partition coefficient (Wildman–Crippen LogP) is 0.579. The Balaban J connectivity index is 1.96. The van der Waals surface area contributed by atoms with E-state index in [0.29, 0.717) is 6.54 Å². The van der Waals surface area contributed by atoms with Crippen molar-refractivity contribution >= 4 is 0 Å². The van der Waals surface area contributed by atoms with Gasteiger partial charge in [-0.3, -0.25) is 0 Å². The fourth-order valence-electron chi connectivity index (χ4n) is 1.69. The van der Waals surface area contributed by atoms with Gasteiger partial charge in [0.05, 0.1) is 11.9 Å². The van der Waals surface area contributed by atoms with Crippen LogP contribution in [0.15, 0.2) is 6.20 Å². The van der Waals surface area contributed by atoms with Crippen molar-refractivity contribution in [2.45, 2.75) is 32.2 Å². The smallest absolute Gasteiger partial charge is 0.0725 e.